The van der Waals surface area contributed by atoms with Gasteiger partial charge in [-0.25, -0.2) is 0 Å². The van der Waals surface area contributed by atoms with E-state index < -0.39 is 0 Å². The molecule has 2 atom stereocenters. The number of carbonyl (C=O) groups is 1. The molecule has 0 aromatic heterocycles. The van der Waals surface area contributed by atoms with E-state index in [9.17, 15) is 4.79 Å². The normalized spacial score (nSPS) is 25.3. The molecular weight excluding hydrogens is 212 g/mol. The number of hydrogen-bond donors (Lipinski definition) is 2. The van der Waals surface area contributed by atoms with E-state index in [-0.39, 0.29) is 11.9 Å². The van der Waals surface area contributed by atoms with Gasteiger partial charge in [0, 0.05) is 18.5 Å². The minimum absolute atomic E-state index is 0.196. The fraction of sp³-hybridized carbons (Fsp3) is 0.929. The number of amides is 1. The minimum atomic E-state index is 0.196. The van der Waals surface area contributed by atoms with Crippen LogP contribution in [0.4, 0.5) is 0 Å². The maximum atomic E-state index is 11.9. The van der Waals surface area contributed by atoms with E-state index in [2.05, 4.69) is 38.3 Å². The lowest BCUT2D eigenvalue weighted by molar-refractivity contribution is -0.122. The van der Waals surface area contributed by atoms with E-state index in [0.717, 1.165) is 19.4 Å². The van der Waals surface area contributed by atoms with Crippen molar-refractivity contribution >= 4 is 5.91 Å². The summed E-state index contributed by atoms with van der Waals surface area (Å²) in [5.74, 6) is 0.196. The number of carbonyl (C=O) groups excluding carboxylic acids is 1. The zero-order valence-corrected chi connectivity index (χ0v) is 11.8. The van der Waals surface area contributed by atoms with Gasteiger partial charge in [0.15, 0.2) is 0 Å². The summed E-state index contributed by atoms with van der Waals surface area (Å²) in [5, 5.41) is 6.45. The van der Waals surface area contributed by atoms with Crippen molar-refractivity contribution in [2.75, 3.05) is 6.54 Å². The quantitative estimate of drug-likeness (QED) is 0.775. The Labute approximate surface area is 106 Å². The highest BCUT2D eigenvalue weighted by Gasteiger charge is 2.28. The molecule has 3 heteroatoms. The highest BCUT2D eigenvalue weighted by molar-refractivity contribution is 5.76. The van der Waals surface area contributed by atoms with E-state index >= 15 is 0 Å². The van der Waals surface area contributed by atoms with E-state index in [1.54, 1.807) is 0 Å². The van der Waals surface area contributed by atoms with E-state index in [1.165, 1.54) is 12.8 Å². The van der Waals surface area contributed by atoms with Crippen molar-refractivity contribution in [3.63, 3.8) is 0 Å². The lowest BCUT2D eigenvalue weighted by Gasteiger charge is -2.35. The molecule has 100 valence electrons. The molecule has 0 heterocycles. The van der Waals surface area contributed by atoms with Crippen molar-refractivity contribution in [1.82, 2.24) is 10.6 Å². The van der Waals surface area contributed by atoms with Crippen LogP contribution in [0.5, 0.6) is 0 Å². The second-order valence-corrected chi connectivity index (χ2v) is 6.19. The SMILES string of the molecule is CCNC(C)CC(=O)NC1CCCC(C)(C)C1. The maximum Gasteiger partial charge on any atom is 0.221 e. The highest BCUT2D eigenvalue weighted by atomic mass is 16.1. The molecule has 1 saturated carbocycles. The predicted molar refractivity (Wildman–Crippen MR) is 71.9 cm³/mol. The van der Waals surface area contributed by atoms with E-state index in [4.69, 9.17) is 0 Å². The second-order valence-electron chi connectivity index (χ2n) is 6.19. The highest BCUT2D eigenvalue weighted by Crippen LogP contribution is 2.35. The molecule has 1 aliphatic carbocycles. The van der Waals surface area contributed by atoms with Gasteiger partial charge >= 0.3 is 0 Å². The third kappa shape index (κ3) is 5.53. The van der Waals surface area contributed by atoms with Gasteiger partial charge in [-0.3, -0.25) is 4.79 Å². The Morgan fingerprint density at radius 2 is 2.18 bits per heavy atom. The number of rotatable bonds is 5. The lowest BCUT2D eigenvalue weighted by atomic mass is 9.75. The standard InChI is InChI=1S/C14H28N2O/c1-5-15-11(2)9-13(17)16-12-7-6-8-14(3,4)10-12/h11-12,15H,5-10H2,1-4H3,(H,16,17). The predicted octanol–water partition coefficient (Wildman–Crippen LogP) is 2.46. The van der Waals surface area contributed by atoms with Crippen molar-refractivity contribution < 1.29 is 4.79 Å². The van der Waals surface area contributed by atoms with Crippen molar-refractivity contribution in [1.29, 1.82) is 0 Å². The first-order valence-electron chi connectivity index (χ1n) is 6.95. The summed E-state index contributed by atoms with van der Waals surface area (Å²) < 4.78 is 0. The fourth-order valence-electron chi connectivity index (χ4n) is 2.81. The van der Waals surface area contributed by atoms with Gasteiger partial charge in [-0.15, -0.1) is 0 Å². The van der Waals surface area contributed by atoms with Crippen LogP contribution in [-0.4, -0.2) is 24.5 Å². The van der Waals surface area contributed by atoms with Crippen molar-refractivity contribution in [2.45, 2.75) is 71.9 Å². The zero-order valence-electron chi connectivity index (χ0n) is 11.8. The van der Waals surface area contributed by atoms with E-state index in [1.807, 2.05) is 0 Å². The Hall–Kier alpha value is -0.570. The van der Waals surface area contributed by atoms with Crippen LogP contribution < -0.4 is 10.6 Å². The van der Waals surface area contributed by atoms with Crippen LogP contribution in [0.3, 0.4) is 0 Å². The van der Waals surface area contributed by atoms with Gasteiger partial charge in [0.2, 0.25) is 5.91 Å². The van der Waals surface area contributed by atoms with Gasteiger partial charge in [0.1, 0.15) is 0 Å². The summed E-state index contributed by atoms with van der Waals surface area (Å²) in [6.07, 6.45) is 5.37. The molecule has 0 aromatic carbocycles. The second kappa shape index (κ2) is 6.39. The van der Waals surface area contributed by atoms with Crippen LogP contribution in [0, 0.1) is 5.41 Å². The molecule has 1 aliphatic rings. The van der Waals surface area contributed by atoms with Crippen LogP contribution in [0.2, 0.25) is 0 Å². The van der Waals surface area contributed by atoms with Crippen LogP contribution in [0.25, 0.3) is 0 Å². The third-order valence-corrected chi connectivity index (χ3v) is 3.61. The van der Waals surface area contributed by atoms with Crippen LogP contribution in [0.15, 0.2) is 0 Å². The molecule has 0 saturated heterocycles. The molecule has 0 aromatic rings. The Morgan fingerprint density at radius 3 is 2.76 bits per heavy atom. The maximum absolute atomic E-state index is 11.9. The molecule has 17 heavy (non-hydrogen) atoms. The molecule has 0 spiro atoms. The lowest BCUT2D eigenvalue weighted by Crippen LogP contribution is -2.42. The van der Waals surface area contributed by atoms with Crippen LogP contribution >= 0.6 is 0 Å². The van der Waals surface area contributed by atoms with Gasteiger partial charge in [0.05, 0.1) is 0 Å². The minimum Gasteiger partial charge on any atom is -0.353 e. The molecular formula is C14H28N2O. The summed E-state index contributed by atoms with van der Waals surface area (Å²) in [5.41, 5.74) is 0.392. The summed E-state index contributed by atoms with van der Waals surface area (Å²) >= 11 is 0. The van der Waals surface area contributed by atoms with Gasteiger partial charge in [-0.2, -0.15) is 0 Å². The van der Waals surface area contributed by atoms with Crippen molar-refractivity contribution in [3.05, 3.63) is 0 Å². The number of hydrogen-bond acceptors (Lipinski definition) is 2. The first-order valence-corrected chi connectivity index (χ1v) is 6.95. The summed E-state index contributed by atoms with van der Waals surface area (Å²) in [4.78, 5) is 11.9. The molecule has 1 rings (SSSR count). The average Bonchev–Trinajstić information content (AvgIpc) is 2.15. The third-order valence-electron chi connectivity index (χ3n) is 3.61. The Balaban J connectivity index is 2.31. The molecule has 0 aliphatic heterocycles. The number of nitrogens with one attached hydrogen (secondary N) is 2. The van der Waals surface area contributed by atoms with Crippen molar-refractivity contribution in [3.8, 4) is 0 Å². The molecule has 3 nitrogen and oxygen atoms in total. The fourth-order valence-corrected chi connectivity index (χ4v) is 2.81. The van der Waals surface area contributed by atoms with Crippen LogP contribution in [-0.2, 0) is 4.79 Å². The first kappa shape index (κ1) is 14.5. The van der Waals surface area contributed by atoms with Gasteiger partial charge < -0.3 is 10.6 Å². The van der Waals surface area contributed by atoms with Gasteiger partial charge in [0.25, 0.3) is 0 Å². The first-order chi connectivity index (χ1) is 7.93. The Morgan fingerprint density at radius 1 is 1.47 bits per heavy atom. The topological polar surface area (TPSA) is 41.1 Å². The molecule has 0 bridgehead atoms. The molecule has 2 N–H and O–H groups in total. The molecule has 1 fully saturated rings. The van der Waals surface area contributed by atoms with E-state index in [0.29, 0.717) is 17.9 Å². The van der Waals surface area contributed by atoms with Crippen LogP contribution in [0.1, 0.15) is 59.8 Å². The summed E-state index contributed by atoms with van der Waals surface area (Å²) in [6.45, 7) is 9.65. The molecule has 0 radical (unpaired) electrons. The monoisotopic (exact) mass is 240 g/mol. The molecule has 2 unspecified atom stereocenters. The zero-order chi connectivity index (χ0) is 12.9. The summed E-state index contributed by atoms with van der Waals surface area (Å²) in [7, 11) is 0. The largest absolute Gasteiger partial charge is 0.353 e. The van der Waals surface area contributed by atoms with Gasteiger partial charge in [-0.05, 0) is 38.1 Å². The summed E-state index contributed by atoms with van der Waals surface area (Å²) in [6, 6.07) is 0.664. The molecule has 1 amide bonds. The van der Waals surface area contributed by atoms with Gasteiger partial charge in [-0.1, -0.05) is 27.2 Å². The Kier molecular flexibility index (Phi) is 5.44. The average molecular weight is 240 g/mol. The Bertz CT molecular complexity index is 251. The van der Waals surface area contributed by atoms with Crippen molar-refractivity contribution in [2.24, 2.45) is 5.41 Å². The smallest absolute Gasteiger partial charge is 0.221 e.